The van der Waals surface area contributed by atoms with Gasteiger partial charge in [-0.15, -0.1) is 0 Å². The Labute approximate surface area is 205 Å². The summed E-state index contributed by atoms with van der Waals surface area (Å²) in [6, 6.07) is 18.2. The van der Waals surface area contributed by atoms with E-state index < -0.39 is 23.8 Å². The summed E-state index contributed by atoms with van der Waals surface area (Å²) in [4.78, 5) is 25.7. The van der Waals surface area contributed by atoms with Crippen molar-refractivity contribution in [3.63, 3.8) is 0 Å². The zero-order valence-electron chi connectivity index (χ0n) is 18.4. The number of rotatable bonds is 7. The number of carbonyl (C=O) groups excluding carboxylic acids is 2. The Bertz CT molecular complexity index is 1130. The molecule has 34 heavy (non-hydrogen) atoms. The number of carbonyl (C=O) groups is 2. The van der Waals surface area contributed by atoms with Gasteiger partial charge in [0.15, 0.2) is 0 Å². The first-order valence-electron chi connectivity index (χ1n) is 11.0. The molecule has 0 aromatic heterocycles. The summed E-state index contributed by atoms with van der Waals surface area (Å²) in [6.45, 7) is 1.99. The van der Waals surface area contributed by atoms with Crippen molar-refractivity contribution >= 4 is 44.9 Å². The summed E-state index contributed by atoms with van der Waals surface area (Å²) in [6.07, 6.45) is 2.34. The van der Waals surface area contributed by atoms with Crippen molar-refractivity contribution in [1.29, 1.82) is 0 Å². The minimum absolute atomic E-state index is 0.0678. The molecule has 7 nitrogen and oxygen atoms in total. The van der Waals surface area contributed by atoms with Crippen molar-refractivity contribution in [1.82, 2.24) is 10.3 Å². The van der Waals surface area contributed by atoms with Crippen LogP contribution < -0.4 is 21.4 Å². The van der Waals surface area contributed by atoms with E-state index in [-0.39, 0.29) is 5.56 Å². The topological polar surface area (TPSA) is 85.5 Å². The van der Waals surface area contributed by atoms with Crippen molar-refractivity contribution in [3.8, 4) is 0 Å². The van der Waals surface area contributed by atoms with Crippen LogP contribution in [0.25, 0.3) is 0 Å². The number of nitrogens with zero attached hydrogens (tertiary/aromatic N) is 1. The zero-order chi connectivity index (χ0) is 23.9. The summed E-state index contributed by atoms with van der Waals surface area (Å²) in [5, 5.41) is 10.2. The minimum Gasteiger partial charge on any atom is -0.324 e. The van der Waals surface area contributed by atoms with Crippen LogP contribution in [0.2, 0.25) is 0 Å². The van der Waals surface area contributed by atoms with Crippen LogP contribution in [-0.2, 0) is 4.79 Å². The molecule has 0 aliphatic carbocycles. The van der Waals surface area contributed by atoms with Crippen LogP contribution in [0.5, 0.6) is 0 Å². The lowest BCUT2D eigenvalue weighted by atomic mass is 10.1. The molecule has 3 aromatic carbocycles. The van der Waals surface area contributed by atoms with E-state index in [0.717, 1.165) is 23.2 Å². The second kappa shape index (κ2) is 11.1. The van der Waals surface area contributed by atoms with Crippen LogP contribution in [0.4, 0.5) is 26.2 Å². The normalized spacial score (nSPS) is 14.3. The number of nitrogens with one attached hydrogen (secondary N) is 4. The van der Waals surface area contributed by atoms with E-state index >= 15 is 0 Å². The Kier molecular flexibility index (Phi) is 7.76. The van der Waals surface area contributed by atoms with Gasteiger partial charge in [0.05, 0.1) is 0 Å². The number of benzene rings is 3. The molecule has 4 N–H and O–H groups in total. The van der Waals surface area contributed by atoms with Gasteiger partial charge in [-0.05, 0) is 67.4 Å². The lowest BCUT2D eigenvalue weighted by Crippen LogP contribution is -2.39. The van der Waals surface area contributed by atoms with Gasteiger partial charge in [-0.1, -0.05) is 34.1 Å². The lowest BCUT2D eigenvalue weighted by Gasteiger charge is -2.20. The van der Waals surface area contributed by atoms with Crippen LogP contribution >= 0.6 is 15.9 Å². The number of hydrogen-bond donors (Lipinski definition) is 4. The summed E-state index contributed by atoms with van der Waals surface area (Å²) in [5.74, 6) is -1.15. The maximum absolute atomic E-state index is 14.5. The molecule has 0 spiro atoms. The highest BCUT2D eigenvalue weighted by atomic mass is 79.9. The van der Waals surface area contributed by atoms with Crippen molar-refractivity contribution in [3.05, 3.63) is 88.6 Å². The van der Waals surface area contributed by atoms with Crippen LogP contribution in [0.15, 0.2) is 77.3 Å². The number of halogens is 2. The molecule has 1 aliphatic rings. The van der Waals surface area contributed by atoms with Gasteiger partial charge in [0.25, 0.3) is 5.91 Å². The van der Waals surface area contributed by atoms with E-state index in [1.54, 1.807) is 42.5 Å². The molecule has 3 amide bonds. The van der Waals surface area contributed by atoms with Crippen LogP contribution in [-0.4, -0.2) is 30.0 Å². The third-order valence-corrected chi connectivity index (χ3v) is 5.93. The quantitative estimate of drug-likeness (QED) is 0.327. The number of hydrazine groups is 1. The SMILES string of the molecule is O=C(Nc1ccc(Br)cc1)NC(C(=O)Nc1ccc(NN2CCCC2)cc1)c1ccccc1F. The van der Waals surface area contributed by atoms with E-state index in [9.17, 15) is 14.0 Å². The second-order valence-electron chi connectivity index (χ2n) is 7.93. The second-order valence-corrected chi connectivity index (χ2v) is 8.85. The first-order valence-corrected chi connectivity index (χ1v) is 11.8. The van der Waals surface area contributed by atoms with Crippen LogP contribution in [0.1, 0.15) is 24.4 Å². The Morgan fingerprint density at radius 1 is 0.824 bits per heavy atom. The lowest BCUT2D eigenvalue weighted by molar-refractivity contribution is -0.118. The fourth-order valence-corrected chi connectivity index (χ4v) is 3.94. The largest absolute Gasteiger partial charge is 0.324 e. The summed E-state index contributed by atoms with van der Waals surface area (Å²) in [5.41, 5.74) is 5.39. The zero-order valence-corrected chi connectivity index (χ0v) is 19.9. The molecular weight excluding hydrogens is 501 g/mol. The van der Waals surface area contributed by atoms with E-state index in [4.69, 9.17) is 0 Å². The third-order valence-electron chi connectivity index (χ3n) is 5.40. The molecule has 1 heterocycles. The van der Waals surface area contributed by atoms with Crippen molar-refractivity contribution < 1.29 is 14.0 Å². The van der Waals surface area contributed by atoms with Crippen LogP contribution in [0.3, 0.4) is 0 Å². The fourth-order valence-electron chi connectivity index (χ4n) is 3.68. The molecule has 1 unspecified atom stereocenters. The van der Waals surface area contributed by atoms with E-state index in [1.165, 1.54) is 31.0 Å². The monoisotopic (exact) mass is 525 g/mol. The Hall–Kier alpha value is -3.43. The summed E-state index contributed by atoms with van der Waals surface area (Å²) in [7, 11) is 0. The molecule has 0 saturated carbocycles. The summed E-state index contributed by atoms with van der Waals surface area (Å²) >= 11 is 3.34. The van der Waals surface area contributed by atoms with Crippen molar-refractivity contribution in [2.24, 2.45) is 0 Å². The molecule has 9 heteroatoms. The predicted octanol–water partition coefficient (Wildman–Crippen LogP) is 5.51. The van der Waals surface area contributed by atoms with E-state index in [2.05, 4.69) is 42.3 Å². The molecular formula is C25H25BrFN5O2. The Morgan fingerprint density at radius 3 is 2.09 bits per heavy atom. The van der Waals surface area contributed by atoms with Gasteiger partial charge in [-0.2, -0.15) is 0 Å². The molecule has 1 aliphatic heterocycles. The standard InChI is InChI=1S/C25H25BrFN5O2/c26-17-7-9-19(10-8-17)29-25(34)30-23(21-5-1-2-6-22(21)27)24(33)28-18-11-13-20(14-12-18)31-32-15-3-4-16-32/h1-2,5-14,23,31H,3-4,15-16H2,(H,28,33)(H2,29,30,34). The van der Waals surface area contributed by atoms with Gasteiger partial charge in [-0.25, -0.2) is 14.2 Å². The third kappa shape index (κ3) is 6.33. The fraction of sp³-hybridized carbons (Fsp3) is 0.200. The minimum atomic E-state index is -1.24. The molecule has 4 rings (SSSR count). The summed E-state index contributed by atoms with van der Waals surface area (Å²) < 4.78 is 15.4. The molecule has 1 fully saturated rings. The molecule has 1 atom stereocenters. The van der Waals surface area contributed by atoms with Gasteiger partial charge in [-0.3, -0.25) is 4.79 Å². The smallest absolute Gasteiger partial charge is 0.320 e. The average Bonchev–Trinajstić information content (AvgIpc) is 3.34. The van der Waals surface area contributed by atoms with Gasteiger partial charge < -0.3 is 21.4 Å². The van der Waals surface area contributed by atoms with Gasteiger partial charge >= 0.3 is 6.03 Å². The maximum atomic E-state index is 14.5. The average molecular weight is 526 g/mol. The van der Waals surface area contributed by atoms with Crippen molar-refractivity contribution in [2.45, 2.75) is 18.9 Å². The number of hydrogen-bond acceptors (Lipinski definition) is 4. The van der Waals surface area contributed by atoms with Gasteiger partial charge in [0, 0.05) is 40.2 Å². The molecule has 0 bridgehead atoms. The molecule has 3 aromatic rings. The Morgan fingerprint density at radius 2 is 1.41 bits per heavy atom. The van der Waals surface area contributed by atoms with Gasteiger partial charge in [0.2, 0.25) is 0 Å². The molecule has 176 valence electrons. The highest BCUT2D eigenvalue weighted by molar-refractivity contribution is 9.10. The maximum Gasteiger partial charge on any atom is 0.320 e. The van der Waals surface area contributed by atoms with Crippen LogP contribution in [0, 0.1) is 5.82 Å². The van der Waals surface area contributed by atoms with E-state index in [0.29, 0.717) is 11.4 Å². The molecule has 1 saturated heterocycles. The Balaban J connectivity index is 1.45. The predicted molar refractivity (Wildman–Crippen MR) is 135 cm³/mol. The number of urea groups is 1. The number of anilines is 3. The number of amides is 3. The van der Waals surface area contributed by atoms with Gasteiger partial charge in [0.1, 0.15) is 11.9 Å². The highest BCUT2D eigenvalue weighted by Crippen LogP contribution is 2.22. The van der Waals surface area contributed by atoms with Crippen molar-refractivity contribution in [2.75, 3.05) is 29.1 Å². The first-order chi connectivity index (χ1) is 16.5. The first kappa shape index (κ1) is 23.7. The molecule has 0 radical (unpaired) electrons. The highest BCUT2D eigenvalue weighted by Gasteiger charge is 2.26. The van der Waals surface area contributed by atoms with E-state index in [1.807, 2.05) is 12.1 Å².